The average Bonchev–Trinajstić information content (AvgIpc) is 2.77. The summed E-state index contributed by atoms with van der Waals surface area (Å²) in [7, 11) is 0. The van der Waals surface area contributed by atoms with Gasteiger partial charge in [0.25, 0.3) is 5.56 Å². The molecule has 2 heterocycles. The quantitative estimate of drug-likeness (QED) is 0.636. The number of fused-ring (bicyclic) bond motifs is 1. The van der Waals surface area contributed by atoms with Crippen LogP contribution in [0.1, 0.15) is 11.1 Å². The van der Waals surface area contributed by atoms with Crippen molar-refractivity contribution >= 4 is 17.7 Å². The van der Waals surface area contributed by atoms with E-state index in [1.165, 1.54) is 24.0 Å². The summed E-state index contributed by atoms with van der Waals surface area (Å²) in [4.78, 5) is 28.7. The molecule has 1 N–H and O–H groups in total. The summed E-state index contributed by atoms with van der Waals surface area (Å²) in [5.74, 6) is 1.11. The third kappa shape index (κ3) is 4.86. The lowest BCUT2D eigenvalue weighted by molar-refractivity contribution is -0.125. The van der Waals surface area contributed by atoms with E-state index in [1.807, 2.05) is 54.6 Å². The van der Waals surface area contributed by atoms with Crippen LogP contribution in [0, 0.1) is 5.92 Å². The predicted octanol–water partition coefficient (Wildman–Crippen LogP) is 2.86. The molecule has 1 amide bonds. The van der Waals surface area contributed by atoms with Crippen molar-refractivity contribution in [2.45, 2.75) is 24.9 Å². The maximum absolute atomic E-state index is 12.5. The van der Waals surface area contributed by atoms with E-state index in [9.17, 15) is 9.59 Å². The first-order valence-corrected chi connectivity index (χ1v) is 10.4. The number of benzene rings is 2. The topological polar surface area (TPSA) is 73.2 Å². The third-order valence-electron chi connectivity index (χ3n) is 4.72. The van der Waals surface area contributed by atoms with Gasteiger partial charge in [-0.05, 0) is 23.3 Å². The van der Waals surface area contributed by atoms with Crippen molar-refractivity contribution in [3.8, 4) is 5.75 Å². The Hall–Kier alpha value is -3.06. The maximum atomic E-state index is 12.5. The van der Waals surface area contributed by atoms with E-state index in [2.05, 4.69) is 10.3 Å². The standard InChI is InChI=1S/C22H21N3O3S/c26-20-10-11-23-22-25(20)13-18(15-29-22)21(27)24-12-16-6-8-19(9-7-16)28-14-17-4-2-1-3-5-17/h1-11,18H,12-15H2,(H,24,27)/t18-/m1/s1. The van der Waals surface area contributed by atoms with Crippen molar-refractivity contribution < 1.29 is 9.53 Å². The van der Waals surface area contributed by atoms with Crippen LogP contribution in [0.4, 0.5) is 0 Å². The van der Waals surface area contributed by atoms with Gasteiger partial charge in [0.05, 0.1) is 5.92 Å². The van der Waals surface area contributed by atoms with Gasteiger partial charge in [0.2, 0.25) is 5.91 Å². The monoisotopic (exact) mass is 407 g/mol. The summed E-state index contributed by atoms with van der Waals surface area (Å²) in [6, 6.07) is 19.1. The molecule has 6 nitrogen and oxygen atoms in total. The summed E-state index contributed by atoms with van der Waals surface area (Å²) in [6.07, 6.45) is 1.51. The van der Waals surface area contributed by atoms with E-state index >= 15 is 0 Å². The van der Waals surface area contributed by atoms with Gasteiger partial charge in [-0.2, -0.15) is 0 Å². The Morgan fingerprint density at radius 2 is 1.90 bits per heavy atom. The molecule has 2 aromatic carbocycles. The SMILES string of the molecule is O=C(NCc1ccc(OCc2ccccc2)cc1)[C@H]1CSc2nccc(=O)n2C1. The highest BCUT2D eigenvalue weighted by Gasteiger charge is 2.26. The first kappa shape index (κ1) is 19.3. The summed E-state index contributed by atoms with van der Waals surface area (Å²) >= 11 is 1.44. The highest BCUT2D eigenvalue weighted by atomic mass is 32.2. The van der Waals surface area contributed by atoms with Crippen LogP contribution in [0.3, 0.4) is 0 Å². The minimum absolute atomic E-state index is 0.0525. The molecule has 1 aliphatic rings. The molecule has 0 aliphatic carbocycles. The molecule has 0 bridgehead atoms. The molecule has 4 rings (SSSR count). The Kier molecular flexibility index (Phi) is 5.95. The van der Waals surface area contributed by atoms with Gasteiger partial charge >= 0.3 is 0 Å². The van der Waals surface area contributed by atoms with Crippen LogP contribution >= 0.6 is 11.8 Å². The molecule has 148 valence electrons. The van der Waals surface area contributed by atoms with Gasteiger partial charge in [-0.25, -0.2) is 4.98 Å². The van der Waals surface area contributed by atoms with Crippen LogP contribution in [0.2, 0.25) is 0 Å². The van der Waals surface area contributed by atoms with Gasteiger partial charge in [-0.15, -0.1) is 0 Å². The summed E-state index contributed by atoms with van der Waals surface area (Å²) in [6.45, 7) is 1.33. The maximum Gasteiger partial charge on any atom is 0.254 e. The van der Waals surface area contributed by atoms with E-state index in [4.69, 9.17) is 4.74 Å². The van der Waals surface area contributed by atoms with Crippen molar-refractivity contribution in [1.82, 2.24) is 14.9 Å². The van der Waals surface area contributed by atoms with E-state index in [0.717, 1.165) is 16.9 Å². The number of ether oxygens (including phenoxy) is 1. The fourth-order valence-electron chi connectivity index (χ4n) is 3.09. The van der Waals surface area contributed by atoms with Gasteiger partial charge in [-0.1, -0.05) is 54.2 Å². The molecule has 0 fully saturated rings. The van der Waals surface area contributed by atoms with Crippen LogP contribution in [0.15, 0.2) is 76.8 Å². The molecule has 0 unspecified atom stereocenters. The van der Waals surface area contributed by atoms with Crippen molar-refractivity contribution in [2.75, 3.05) is 5.75 Å². The Labute approximate surface area is 172 Å². The number of hydrogen-bond donors (Lipinski definition) is 1. The van der Waals surface area contributed by atoms with Crippen molar-refractivity contribution in [1.29, 1.82) is 0 Å². The van der Waals surface area contributed by atoms with Crippen LogP contribution < -0.4 is 15.6 Å². The summed E-state index contributed by atoms with van der Waals surface area (Å²) < 4.78 is 7.35. The molecule has 29 heavy (non-hydrogen) atoms. The number of carbonyl (C=O) groups is 1. The summed E-state index contributed by atoms with van der Waals surface area (Å²) in [5.41, 5.74) is 1.99. The van der Waals surface area contributed by atoms with Crippen LogP contribution in [0.25, 0.3) is 0 Å². The Morgan fingerprint density at radius 3 is 2.69 bits per heavy atom. The molecule has 1 aromatic heterocycles. The smallest absolute Gasteiger partial charge is 0.254 e. The molecule has 1 aliphatic heterocycles. The lowest BCUT2D eigenvalue weighted by atomic mass is 10.1. The first-order chi connectivity index (χ1) is 14.2. The number of carbonyl (C=O) groups excluding carboxylic acids is 1. The first-order valence-electron chi connectivity index (χ1n) is 9.41. The van der Waals surface area contributed by atoms with Crippen LogP contribution in [-0.4, -0.2) is 21.2 Å². The fraction of sp³-hybridized carbons (Fsp3) is 0.227. The minimum Gasteiger partial charge on any atom is -0.489 e. The highest BCUT2D eigenvalue weighted by Crippen LogP contribution is 2.24. The second-order valence-electron chi connectivity index (χ2n) is 6.82. The number of nitrogens with zero attached hydrogens (tertiary/aromatic N) is 2. The van der Waals surface area contributed by atoms with Gasteiger partial charge in [-0.3, -0.25) is 14.2 Å². The molecule has 3 aromatic rings. The van der Waals surface area contributed by atoms with E-state index in [0.29, 0.717) is 30.6 Å². The lowest BCUT2D eigenvalue weighted by Crippen LogP contribution is -2.39. The van der Waals surface area contributed by atoms with Crippen LogP contribution in [0.5, 0.6) is 5.75 Å². The number of amides is 1. The zero-order valence-electron chi connectivity index (χ0n) is 15.8. The largest absolute Gasteiger partial charge is 0.489 e. The predicted molar refractivity (Wildman–Crippen MR) is 112 cm³/mol. The molecule has 0 saturated heterocycles. The number of nitrogens with one attached hydrogen (secondary N) is 1. The highest BCUT2D eigenvalue weighted by molar-refractivity contribution is 7.99. The Balaban J connectivity index is 1.28. The number of thioether (sulfide) groups is 1. The molecule has 0 saturated carbocycles. The molecular formula is C22H21N3O3S. The van der Waals surface area contributed by atoms with Crippen molar-refractivity contribution in [3.63, 3.8) is 0 Å². The van der Waals surface area contributed by atoms with Gasteiger partial charge in [0, 0.05) is 31.1 Å². The zero-order valence-corrected chi connectivity index (χ0v) is 16.6. The minimum atomic E-state index is -0.247. The second kappa shape index (κ2) is 8.96. The van der Waals surface area contributed by atoms with Crippen LogP contribution in [-0.2, 0) is 24.5 Å². The molecule has 0 spiro atoms. The number of hydrogen-bond acceptors (Lipinski definition) is 5. The third-order valence-corrected chi connectivity index (χ3v) is 5.88. The van der Waals surface area contributed by atoms with Gasteiger partial charge < -0.3 is 10.1 Å². The van der Waals surface area contributed by atoms with Crippen molar-refractivity contribution in [3.05, 3.63) is 88.3 Å². The number of rotatable bonds is 6. The molecule has 1 atom stereocenters. The lowest BCUT2D eigenvalue weighted by Gasteiger charge is -2.23. The van der Waals surface area contributed by atoms with Gasteiger partial charge in [0.15, 0.2) is 5.16 Å². The Morgan fingerprint density at radius 1 is 1.10 bits per heavy atom. The van der Waals surface area contributed by atoms with Crippen molar-refractivity contribution in [2.24, 2.45) is 5.92 Å². The molecule has 0 radical (unpaired) electrons. The Bertz CT molecular complexity index is 1040. The molecular weight excluding hydrogens is 386 g/mol. The number of aromatic nitrogens is 2. The average molecular weight is 407 g/mol. The van der Waals surface area contributed by atoms with Gasteiger partial charge in [0.1, 0.15) is 12.4 Å². The van der Waals surface area contributed by atoms with E-state index < -0.39 is 0 Å². The van der Waals surface area contributed by atoms with E-state index in [1.54, 1.807) is 4.57 Å². The second-order valence-corrected chi connectivity index (χ2v) is 7.81. The normalized spacial score (nSPS) is 15.4. The zero-order chi connectivity index (χ0) is 20.1. The molecule has 7 heteroatoms. The van der Waals surface area contributed by atoms with E-state index in [-0.39, 0.29) is 17.4 Å². The fourth-order valence-corrected chi connectivity index (χ4v) is 4.15. The summed E-state index contributed by atoms with van der Waals surface area (Å²) in [5, 5.41) is 3.64.